The van der Waals surface area contributed by atoms with Gasteiger partial charge in [-0.2, -0.15) is 0 Å². The van der Waals surface area contributed by atoms with Gasteiger partial charge in [0, 0.05) is 14.0 Å². The van der Waals surface area contributed by atoms with Gasteiger partial charge in [-0.3, -0.25) is 4.79 Å². The second-order valence-electron chi connectivity index (χ2n) is 1.67. The topological polar surface area (TPSA) is 52.6 Å². The van der Waals surface area contributed by atoms with Gasteiger partial charge >= 0.3 is 13.9 Å². The predicted molar refractivity (Wildman–Crippen MR) is 36.1 cm³/mol. The van der Waals surface area contributed by atoms with Crippen molar-refractivity contribution in [2.24, 2.45) is 0 Å². The second kappa shape index (κ2) is 4.50. The Morgan fingerprint density at radius 1 is 1.50 bits per heavy atom. The zero-order valence-corrected chi connectivity index (χ0v) is 7.05. The molecule has 0 saturated carbocycles. The van der Waals surface area contributed by atoms with Crippen molar-refractivity contribution in [3.05, 3.63) is 0 Å². The van der Waals surface area contributed by atoms with Crippen LogP contribution in [0.25, 0.3) is 0 Å². The lowest BCUT2D eigenvalue weighted by atomic mass is 10.5. The molecule has 2 atom stereocenters. The number of carbonyl (C=O) groups excluding carboxylic acids is 1. The summed E-state index contributed by atoms with van der Waals surface area (Å²) in [7, 11) is 0.586. The van der Waals surface area contributed by atoms with E-state index in [1.165, 1.54) is 21.1 Å². The number of ether oxygens (including phenoxy) is 1. The van der Waals surface area contributed by atoms with E-state index in [1.807, 2.05) is 0 Å². The highest BCUT2D eigenvalue weighted by Gasteiger charge is 2.35. The molecule has 0 bridgehead atoms. The van der Waals surface area contributed by atoms with Gasteiger partial charge in [-0.05, 0) is 4.57 Å². The first kappa shape index (κ1) is 9.69. The maximum absolute atomic E-state index is 10.8. The molecule has 0 aromatic carbocycles. The summed E-state index contributed by atoms with van der Waals surface area (Å²) in [5.74, 6) is -1.20. The normalized spacial score (nSPS) is 14.5. The number of hydrogen-bond acceptors (Lipinski definition) is 4. The van der Waals surface area contributed by atoms with E-state index < -0.39 is 13.9 Å². The van der Waals surface area contributed by atoms with Crippen LogP contribution in [0.2, 0.25) is 0 Å². The van der Waals surface area contributed by atoms with Crippen LogP contribution in [0.3, 0.4) is 0 Å². The SMILES string of the molecule is COC(C(C)=O)[P+](=O)OC. The summed E-state index contributed by atoms with van der Waals surface area (Å²) in [4.78, 5) is 10.6. The zero-order valence-electron chi connectivity index (χ0n) is 6.16. The molecule has 0 aliphatic heterocycles. The molecule has 0 aliphatic rings. The minimum absolute atomic E-state index is 0.287. The van der Waals surface area contributed by atoms with Crippen molar-refractivity contribution in [3.63, 3.8) is 0 Å². The van der Waals surface area contributed by atoms with Crippen molar-refractivity contribution in [1.82, 2.24) is 0 Å². The van der Waals surface area contributed by atoms with E-state index >= 15 is 0 Å². The van der Waals surface area contributed by atoms with Crippen LogP contribution in [0.1, 0.15) is 6.92 Å². The molecule has 0 saturated heterocycles. The molecule has 0 amide bonds. The summed E-state index contributed by atoms with van der Waals surface area (Å²) < 4.78 is 19.8. The minimum Gasteiger partial charge on any atom is -0.330 e. The minimum atomic E-state index is -2.00. The second-order valence-corrected chi connectivity index (χ2v) is 3.07. The molecule has 0 spiro atoms. The van der Waals surface area contributed by atoms with Crippen LogP contribution in [0, 0.1) is 0 Å². The average molecular weight is 165 g/mol. The zero-order chi connectivity index (χ0) is 8.15. The number of carbonyl (C=O) groups is 1. The van der Waals surface area contributed by atoms with Gasteiger partial charge in [-0.25, -0.2) is 0 Å². The van der Waals surface area contributed by atoms with Gasteiger partial charge in [-0.15, -0.1) is 4.52 Å². The highest BCUT2D eigenvalue weighted by atomic mass is 31.1. The molecule has 0 N–H and O–H groups in total. The third-order valence-corrected chi connectivity index (χ3v) is 2.26. The lowest BCUT2D eigenvalue weighted by Gasteiger charge is -1.95. The van der Waals surface area contributed by atoms with Crippen molar-refractivity contribution < 1.29 is 18.6 Å². The van der Waals surface area contributed by atoms with Gasteiger partial charge in [0.1, 0.15) is 0 Å². The lowest BCUT2D eigenvalue weighted by Crippen LogP contribution is -2.15. The molecular formula is C5H10O4P+. The van der Waals surface area contributed by atoms with E-state index in [1.54, 1.807) is 0 Å². The Morgan fingerprint density at radius 3 is 2.10 bits per heavy atom. The Balaban J connectivity index is 4.06. The molecule has 58 valence electrons. The van der Waals surface area contributed by atoms with E-state index in [0.29, 0.717) is 0 Å². The van der Waals surface area contributed by atoms with Crippen molar-refractivity contribution in [2.75, 3.05) is 14.2 Å². The molecule has 10 heavy (non-hydrogen) atoms. The molecule has 0 fully saturated rings. The Bertz CT molecular complexity index is 145. The standard InChI is InChI=1S/C5H10O4P/c1-4(6)5(8-2)10(7)9-3/h5H,1-3H3/q+1. The van der Waals surface area contributed by atoms with Crippen molar-refractivity contribution >= 4 is 13.8 Å². The summed E-state index contributed by atoms with van der Waals surface area (Å²) >= 11 is 0. The molecule has 0 aliphatic carbocycles. The average Bonchev–Trinajstić information content (AvgIpc) is 1.88. The quantitative estimate of drug-likeness (QED) is 0.581. The summed E-state index contributed by atoms with van der Waals surface area (Å²) in [5.41, 5.74) is 0. The molecule has 4 nitrogen and oxygen atoms in total. The third-order valence-electron chi connectivity index (χ3n) is 0.942. The van der Waals surface area contributed by atoms with E-state index in [2.05, 4.69) is 9.26 Å². The van der Waals surface area contributed by atoms with E-state index in [9.17, 15) is 9.36 Å². The number of hydrogen-bond donors (Lipinski definition) is 0. The van der Waals surface area contributed by atoms with Crippen LogP contribution in [-0.2, 0) is 18.6 Å². The molecule has 2 unspecified atom stereocenters. The van der Waals surface area contributed by atoms with Gasteiger partial charge in [0.2, 0.25) is 5.78 Å². The van der Waals surface area contributed by atoms with Gasteiger partial charge in [0.05, 0.1) is 7.11 Å². The van der Waals surface area contributed by atoms with Gasteiger partial charge in [0.25, 0.3) is 0 Å². The summed E-state index contributed by atoms with van der Waals surface area (Å²) in [6.45, 7) is 1.31. The first-order chi connectivity index (χ1) is 4.63. The van der Waals surface area contributed by atoms with E-state index in [4.69, 9.17) is 0 Å². The first-order valence-electron chi connectivity index (χ1n) is 2.67. The Morgan fingerprint density at radius 2 is 2.00 bits per heavy atom. The van der Waals surface area contributed by atoms with Crippen LogP contribution < -0.4 is 0 Å². The monoisotopic (exact) mass is 165 g/mol. The largest absolute Gasteiger partial charge is 0.548 e. The van der Waals surface area contributed by atoms with E-state index in [0.717, 1.165) is 0 Å². The Labute approximate surface area is 60.4 Å². The maximum Gasteiger partial charge on any atom is 0.548 e. The fraction of sp³-hybridized carbons (Fsp3) is 0.800. The van der Waals surface area contributed by atoms with Gasteiger partial charge < -0.3 is 4.74 Å². The highest BCUT2D eigenvalue weighted by Crippen LogP contribution is 2.28. The maximum atomic E-state index is 10.8. The number of methoxy groups -OCH3 is 1. The Kier molecular flexibility index (Phi) is 4.36. The van der Waals surface area contributed by atoms with Crippen molar-refractivity contribution in [3.8, 4) is 0 Å². The third kappa shape index (κ3) is 2.52. The van der Waals surface area contributed by atoms with Crippen molar-refractivity contribution in [2.45, 2.75) is 12.8 Å². The van der Waals surface area contributed by atoms with Gasteiger partial charge in [0.15, 0.2) is 0 Å². The molecule has 0 aromatic heterocycles. The fourth-order valence-electron chi connectivity index (χ4n) is 0.496. The van der Waals surface area contributed by atoms with Crippen LogP contribution >= 0.6 is 8.03 Å². The molecular weight excluding hydrogens is 155 g/mol. The Hall–Kier alpha value is -0.310. The fourth-order valence-corrected chi connectivity index (χ4v) is 1.16. The summed E-state index contributed by atoms with van der Waals surface area (Å²) in [6.07, 6.45) is 0. The lowest BCUT2D eigenvalue weighted by molar-refractivity contribution is -0.122. The molecule has 0 aromatic rings. The number of Topliss-reactive ketones (excluding diaryl/α,β-unsaturated/α-hetero) is 1. The molecule has 0 heterocycles. The number of rotatable bonds is 4. The number of ketones is 1. The highest BCUT2D eigenvalue weighted by molar-refractivity contribution is 7.41. The van der Waals surface area contributed by atoms with Crippen molar-refractivity contribution in [1.29, 1.82) is 0 Å². The summed E-state index contributed by atoms with van der Waals surface area (Å²) in [6, 6.07) is 0. The van der Waals surface area contributed by atoms with Gasteiger partial charge in [-0.1, -0.05) is 0 Å². The van der Waals surface area contributed by atoms with E-state index in [-0.39, 0.29) is 5.78 Å². The van der Waals surface area contributed by atoms with Crippen LogP contribution in [-0.4, -0.2) is 25.8 Å². The van der Waals surface area contributed by atoms with Crippen LogP contribution in [0.15, 0.2) is 0 Å². The molecule has 0 radical (unpaired) electrons. The molecule has 5 heteroatoms. The summed E-state index contributed by atoms with van der Waals surface area (Å²) in [5, 5.41) is 0. The predicted octanol–water partition coefficient (Wildman–Crippen LogP) is 0.937. The smallest absolute Gasteiger partial charge is 0.330 e. The first-order valence-corrected chi connectivity index (χ1v) is 3.92. The van der Waals surface area contributed by atoms with Crippen LogP contribution in [0.4, 0.5) is 0 Å². The molecule has 0 rings (SSSR count). The van der Waals surface area contributed by atoms with Crippen LogP contribution in [0.5, 0.6) is 0 Å².